The second-order valence-electron chi connectivity index (χ2n) is 7.57. The summed E-state index contributed by atoms with van der Waals surface area (Å²) in [6.45, 7) is 1.60. The van der Waals surface area contributed by atoms with Crippen LogP contribution in [0.3, 0.4) is 0 Å². The fourth-order valence-corrected chi connectivity index (χ4v) is 4.74. The highest BCUT2D eigenvalue weighted by molar-refractivity contribution is 7.81. The molecule has 2 atom stereocenters. The number of fused-ring (bicyclic) bond motifs is 1. The van der Waals surface area contributed by atoms with Gasteiger partial charge in [0, 0.05) is 31.1 Å². The zero-order chi connectivity index (χ0) is 23.9. The van der Waals surface area contributed by atoms with Crippen molar-refractivity contribution in [2.45, 2.75) is 32.2 Å². The number of pyridine rings is 1. The van der Waals surface area contributed by atoms with E-state index >= 15 is 4.39 Å². The van der Waals surface area contributed by atoms with Crippen molar-refractivity contribution in [2.75, 3.05) is 11.4 Å². The van der Waals surface area contributed by atoms with Crippen molar-refractivity contribution in [2.24, 2.45) is 0 Å². The van der Waals surface area contributed by atoms with Crippen molar-refractivity contribution in [3.05, 3.63) is 70.8 Å². The van der Waals surface area contributed by atoms with Crippen LogP contribution >= 0.6 is 0 Å². The van der Waals surface area contributed by atoms with Gasteiger partial charge in [-0.3, -0.25) is 18.3 Å². The standard InChI is InChI=1S/C21H20F3N5O3S/c1-11-17(7-13(22)8-26-11)29(33(31)32)15-6-4-14(23)18(19(15)24)12-3-5-16-20(21(30)25-2)27-10-28(16)9-12/h4,6-8,10,12H,3,5,9H2,1-2H3,(H,25,30)(H,31,32)/p-1/t12-/m1/s1. The molecule has 0 radical (unpaired) electrons. The Bertz CT molecular complexity index is 1270. The van der Waals surface area contributed by atoms with Crippen LogP contribution in [0.4, 0.5) is 24.5 Å². The Kier molecular flexibility index (Phi) is 6.21. The highest BCUT2D eigenvalue weighted by Crippen LogP contribution is 2.39. The second-order valence-corrected chi connectivity index (χ2v) is 8.37. The molecule has 1 unspecified atom stereocenters. The number of amides is 1. The van der Waals surface area contributed by atoms with Gasteiger partial charge in [0.1, 0.15) is 17.3 Å². The van der Waals surface area contributed by atoms with Crippen LogP contribution in [0.1, 0.15) is 39.8 Å². The van der Waals surface area contributed by atoms with Gasteiger partial charge in [-0.25, -0.2) is 18.2 Å². The minimum Gasteiger partial charge on any atom is -0.755 e. The van der Waals surface area contributed by atoms with E-state index in [0.29, 0.717) is 22.8 Å². The number of halogens is 3. The SMILES string of the molecule is CNC(=O)c1ncn2c1CC[C@@H](c1c(F)ccc(N(c3cc(F)cnc3C)S(=O)[O-])c1F)C2. The molecule has 0 saturated carbocycles. The smallest absolute Gasteiger partial charge is 0.271 e. The van der Waals surface area contributed by atoms with Crippen molar-refractivity contribution >= 4 is 28.5 Å². The summed E-state index contributed by atoms with van der Waals surface area (Å²) >= 11 is -3.04. The Morgan fingerprint density at radius 3 is 2.73 bits per heavy atom. The molecule has 2 aromatic heterocycles. The fourth-order valence-electron chi connectivity index (χ4n) is 4.09. The monoisotopic (exact) mass is 478 g/mol. The van der Waals surface area contributed by atoms with Gasteiger partial charge in [0.25, 0.3) is 5.91 Å². The van der Waals surface area contributed by atoms with Crippen LogP contribution in [0.15, 0.2) is 30.7 Å². The highest BCUT2D eigenvalue weighted by Gasteiger charge is 2.31. The van der Waals surface area contributed by atoms with Gasteiger partial charge >= 0.3 is 0 Å². The van der Waals surface area contributed by atoms with E-state index in [1.807, 2.05) is 0 Å². The minimum atomic E-state index is -3.04. The molecule has 3 aromatic rings. The van der Waals surface area contributed by atoms with Gasteiger partial charge in [-0.15, -0.1) is 0 Å². The third-order valence-electron chi connectivity index (χ3n) is 5.66. The molecule has 0 saturated heterocycles. The quantitative estimate of drug-likeness (QED) is 0.568. The third kappa shape index (κ3) is 4.11. The molecule has 0 bridgehead atoms. The lowest BCUT2D eigenvalue weighted by atomic mass is 9.89. The molecule has 0 fully saturated rings. The largest absolute Gasteiger partial charge is 0.755 e. The molecule has 4 rings (SSSR count). The number of hydrogen-bond donors (Lipinski definition) is 1. The predicted molar refractivity (Wildman–Crippen MR) is 113 cm³/mol. The lowest BCUT2D eigenvalue weighted by Gasteiger charge is -2.30. The summed E-state index contributed by atoms with van der Waals surface area (Å²) in [6.07, 6.45) is 3.01. The number of carbonyl (C=O) groups excluding carboxylic acids is 1. The average molecular weight is 478 g/mol. The summed E-state index contributed by atoms with van der Waals surface area (Å²) in [7, 11) is 1.48. The van der Waals surface area contributed by atoms with Crippen molar-refractivity contribution in [1.29, 1.82) is 0 Å². The second kappa shape index (κ2) is 8.94. The maximum Gasteiger partial charge on any atom is 0.271 e. The molecule has 8 nitrogen and oxygen atoms in total. The van der Waals surface area contributed by atoms with Gasteiger partial charge in [-0.2, -0.15) is 0 Å². The molecule has 1 aromatic carbocycles. The van der Waals surface area contributed by atoms with Crippen molar-refractivity contribution in [3.63, 3.8) is 0 Å². The molecule has 0 spiro atoms. The van der Waals surface area contributed by atoms with Crippen molar-refractivity contribution in [1.82, 2.24) is 19.9 Å². The first kappa shape index (κ1) is 22.9. The van der Waals surface area contributed by atoms with Crippen molar-refractivity contribution in [3.8, 4) is 0 Å². The fraction of sp³-hybridized carbons (Fsp3) is 0.286. The lowest BCUT2D eigenvalue weighted by molar-refractivity contribution is 0.0957. The van der Waals surface area contributed by atoms with E-state index in [2.05, 4.69) is 15.3 Å². The number of benzene rings is 1. The first-order chi connectivity index (χ1) is 15.7. The lowest BCUT2D eigenvalue weighted by Crippen LogP contribution is -2.26. The van der Waals surface area contributed by atoms with Crippen LogP contribution in [0.5, 0.6) is 0 Å². The highest BCUT2D eigenvalue weighted by atomic mass is 32.2. The van der Waals surface area contributed by atoms with E-state index in [4.69, 9.17) is 0 Å². The van der Waals surface area contributed by atoms with E-state index in [0.717, 1.165) is 24.4 Å². The Balaban J connectivity index is 1.76. The number of rotatable bonds is 5. The van der Waals surface area contributed by atoms with Crippen LogP contribution in [0.2, 0.25) is 0 Å². The predicted octanol–water partition coefficient (Wildman–Crippen LogP) is 3.03. The van der Waals surface area contributed by atoms with Crippen LogP contribution < -0.4 is 9.62 Å². The van der Waals surface area contributed by atoms with E-state index in [9.17, 15) is 22.3 Å². The van der Waals surface area contributed by atoms with E-state index in [1.54, 1.807) is 4.57 Å². The van der Waals surface area contributed by atoms with E-state index in [-0.39, 0.29) is 35.1 Å². The number of nitrogens with zero attached hydrogens (tertiary/aromatic N) is 4. The summed E-state index contributed by atoms with van der Waals surface area (Å²) in [5.41, 5.74) is 0.145. The Labute approximate surface area is 189 Å². The molecule has 33 heavy (non-hydrogen) atoms. The van der Waals surface area contributed by atoms with Crippen LogP contribution in [-0.2, 0) is 24.2 Å². The topological polar surface area (TPSA) is 103 Å². The van der Waals surface area contributed by atoms with E-state index in [1.165, 1.54) is 20.3 Å². The Hall–Kier alpha value is -3.25. The molecule has 12 heteroatoms. The number of imidazole rings is 1. The van der Waals surface area contributed by atoms with Gasteiger partial charge in [0.15, 0.2) is 5.82 Å². The maximum absolute atomic E-state index is 15.7. The van der Waals surface area contributed by atoms with Gasteiger partial charge in [-0.1, -0.05) is 0 Å². The van der Waals surface area contributed by atoms with Gasteiger partial charge in [0.2, 0.25) is 0 Å². The minimum absolute atomic E-state index is 0.147. The van der Waals surface area contributed by atoms with Gasteiger partial charge in [-0.05, 0) is 31.9 Å². The van der Waals surface area contributed by atoms with E-state index < -0.39 is 40.3 Å². The molecule has 174 valence electrons. The summed E-state index contributed by atoms with van der Waals surface area (Å²) in [4.78, 5) is 19.9. The number of anilines is 2. The number of aromatic nitrogens is 3. The zero-order valence-electron chi connectivity index (χ0n) is 17.6. The van der Waals surface area contributed by atoms with Gasteiger partial charge in [0.05, 0.1) is 46.6 Å². The number of carbonyl (C=O) groups is 1. The molecule has 3 heterocycles. The Morgan fingerprint density at radius 1 is 1.27 bits per heavy atom. The van der Waals surface area contributed by atoms with Crippen LogP contribution in [0.25, 0.3) is 0 Å². The third-order valence-corrected chi connectivity index (χ3v) is 6.35. The average Bonchev–Trinajstić information content (AvgIpc) is 3.20. The number of nitrogens with one attached hydrogen (secondary N) is 1. The van der Waals surface area contributed by atoms with Crippen molar-refractivity contribution < 1.29 is 26.7 Å². The van der Waals surface area contributed by atoms with Crippen LogP contribution in [0, 0.1) is 24.4 Å². The summed E-state index contributed by atoms with van der Waals surface area (Å²) in [5.74, 6) is -3.70. The number of aryl methyl sites for hydroxylation is 1. The first-order valence-electron chi connectivity index (χ1n) is 9.98. The molecule has 1 aliphatic rings. The molecular formula is C21H19F3N5O3S-. The molecule has 0 aliphatic carbocycles. The molecule has 1 N–H and O–H groups in total. The molecular weight excluding hydrogens is 459 g/mol. The Morgan fingerprint density at radius 2 is 2.03 bits per heavy atom. The van der Waals surface area contributed by atoms with Gasteiger partial charge < -0.3 is 14.4 Å². The normalized spacial score (nSPS) is 16.2. The summed E-state index contributed by atoms with van der Waals surface area (Å²) in [6, 6.07) is 2.89. The first-order valence-corrected chi connectivity index (χ1v) is 11.0. The summed E-state index contributed by atoms with van der Waals surface area (Å²) < 4.78 is 70.5. The maximum atomic E-state index is 15.7. The number of hydrogen-bond acceptors (Lipinski definition) is 5. The molecule has 1 aliphatic heterocycles. The molecule has 1 amide bonds. The zero-order valence-corrected chi connectivity index (χ0v) is 18.5. The van der Waals surface area contributed by atoms with Crippen LogP contribution in [-0.4, -0.2) is 36.3 Å². The summed E-state index contributed by atoms with van der Waals surface area (Å²) in [5, 5.41) is 2.50.